The fourth-order valence-corrected chi connectivity index (χ4v) is 5.54. The van der Waals surface area contributed by atoms with Crippen LogP contribution in [0.2, 0.25) is 0 Å². The highest BCUT2D eigenvalue weighted by Gasteiger charge is 2.16. The topological polar surface area (TPSA) is 187 Å². The lowest BCUT2D eigenvalue weighted by Gasteiger charge is -2.14. The molecule has 0 aromatic carbocycles. The molecule has 0 amide bonds. The van der Waals surface area contributed by atoms with E-state index in [1.165, 1.54) is 0 Å². The molecule has 0 radical (unpaired) electrons. The number of Topliss-reactive ketones (excluding diaryl/α,β-unsaturated/α-hetero) is 3. The lowest BCUT2D eigenvalue weighted by atomic mass is 10.1. The van der Waals surface area contributed by atoms with Crippen molar-refractivity contribution in [1.82, 2.24) is 13.7 Å². The first-order valence-electron chi connectivity index (χ1n) is 18.7. The first-order chi connectivity index (χ1) is 25.4. The number of ketones is 4. The fraction of sp³-hybridized carbons (Fsp3) is 0.615. The summed E-state index contributed by atoms with van der Waals surface area (Å²) in [5.41, 5.74) is -1.93. The van der Waals surface area contributed by atoms with Crippen LogP contribution in [-0.2, 0) is 57.9 Å². The predicted molar refractivity (Wildman–Crippen MR) is 199 cm³/mol. The average molecular weight is 744 g/mol. The maximum atomic E-state index is 13.4. The molecule has 0 fully saturated rings. The third-order valence-electron chi connectivity index (χ3n) is 8.58. The van der Waals surface area contributed by atoms with Crippen LogP contribution in [0.1, 0.15) is 122 Å². The number of nitrogens with zero attached hydrogens (tertiary/aromatic N) is 3. The van der Waals surface area contributed by atoms with Gasteiger partial charge in [-0.05, 0) is 44.6 Å². The summed E-state index contributed by atoms with van der Waals surface area (Å²) >= 11 is 0. The van der Waals surface area contributed by atoms with E-state index in [1.807, 2.05) is 0 Å². The molecule has 14 heteroatoms. The Morgan fingerprint density at radius 1 is 0.434 bits per heavy atom. The number of carbonyl (C=O) groups is 6. The first kappa shape index (κ1) is 46.3. The lowest BCUT2D eigenvalue weighted by molar-refractivity contribution is -0.143. The molecule has 0 aliphatic heterocycles. The van der Waals surface area contributed by atoms with Crippen LogP contribution in [0.5, 0.6) is 0 Å². The van der Waals surface area contributed by atoms with Gasteiger partial charge in [0, 0.05) is 51.0 Å². The van der Waals surface area contributed by atoms with E-state index in [-0.39, 0.29) is 75.2 Å². The second kappa shape index (κ2) is 27.8. The molecule has 1 heterocycles. The molecule has 0 N–H and O–H groups in total. The molecule has 0 aliphatic rings. The summed E-state index contributed by atoms with van der Waals surface area (Å²) < 4.78 is 12.9. The van der Waals surface area contributed by atoms with Crippen molar-refractivity contribution in [3.63, 3.8) is 0 Å². The molecule has 0 bridgehead atoms. The first-order valence-corrected chi connectivity index (χ1v) is 18.7. The lowest BCUT2D eigenvalue weighted by Crippen LogP contribution is -2.54. The van der Waals surface area contributed by atoms with E-state index in [0.29, 0.717) is 64.2 Å². The van der Waals surface area contributed by atoms with Crippen molar-refractivity contribution in [3.8, 4) is 0 Å². The zero-order valence-corrected chi connectivity index (χ0v) is 31.2. The van der Waals surface area contributed by atoms with Gasteiger partial charge in [0.05, 0.1) is 6.42 Å². The average Bonchev–Trinajstić information content (AvgIpc) is 3.14. The number of carbonyl (C=O) groups excluding carboxylic acids is 6. The van der Waals surface area contributed by atoms with E-state index < -0.39 is 29.0 Å². The van der Waals surface area contributed by atoms with E-state index >= 15 is 0 Å². The molecule has 14 nitrogen and oxygen atoms in total. The van der Waals surface area contributed by atoms with Crippen molar-refractivity contribution in [2.45, 2.75) is 142 Å². The van der Waals surface area contributed by atoms with Crippen molar-refractivity contribution >= 4 is 35.1 Å². The maximum Gasteiger partial charge on any atom is 0.336 e. The molecular weight excluding hydrogens is 686 g/mol. The van der Waals surface area contributed by atoms with Crippen LogP contribution >= 0.6 is 0 Å². The zero-order valence-electron chi connectivity index (χ0n) is 31.2. The Morgan fingerprint density at radius 2 is 0.736 bits per heavy atom. The van der Waals surface area contributed by atoms with Crippen molar-refractivity contribution in [1.29, 1.82) is 0 Å². The van der Waals surface area contributed by atoms with Gasteiger partial charge in [0.15, 0.2) is 17.3 Å². The minimum absolute atomic E-state index is 0.123. The number of aromatic nitrogens is 3. The number of esters is 2. The van der Waals surface area contributed by atoms with Gasteiger partial charge in [-0.15, -0.1) is 0 Å². The standard InChI is InChI=1S/C39H57N3O11/c1-4-31(43)28-32(44)22-16-10-7-13-19-25-40-37(49)41(26-20-14-8-11-17-23-33(45)29-52-35(47)5-2)39(51)42(38(40)50)27-21-15-9-12-18-24-34(46)30-53-36(48)6-3/h4-6H,1-3,7-30H2. The fourth-order valence-electron chi connectivity index (χ4n) is 5.54. The van der Waals surface area contributed by atoms with Crippen LogP contribution < -0.4 is 17.1 Å². The molecule has 0 unspecified atom stereocenters. The highest BCUT2D eigenvalue weighted by Crippen LogP contribution is 2.10. The minimum atomic E-state index is -0.646. The Bertz CT molecular complexity index is 1490. The Morgan fingerprint density at radius 3 is 1.06 bits per heavy atom. The molecule has 1 aromatic rings. The normalized spacial score (nSPS) is 10.7. The van der Waals surface area contributed by atoms with Crippen LogP contribution in [-0.4, -0.2) is 62.0 Å². The highest BCUT2D eigenvalue weighted by molar-refractivity contribution is 6.04. The Hall–Kier alpha value is -4.75. The zero-order chi connectivity index (χ0) is 39.4. The van der Waals surface area contributed by atoms with Gasteiger partial charge < -0.3 is 9.47 Å². The van der Waals surface area contributed by atoms with Gasteiger partial charge >= 0.3 is 29.0 Å². The third kappa shape index (κ3) is 20.2. The summed E-state index contributed by atoms with van der Waals surface area (Å²) in [6.07, 6.45) is 14.0. The Kier molecular flexibility index (Phi) is 24.3. The largest absolute Gasteiger partial charge is 0.455 e. The van der Waals surface area contributed by atoms with Crippen LogP contribution in [0, 0.1) is 0 Å². The van der Waals surface area contributed by atoms with Gasteiger partial charge in [0.25, 0.3) is 0 Å². The predicted octanol–water partition coefficient (Wildman–Crippen LogP) is 4.50. The molecule has 294 valence electrons. The van der Waals surface area contributed by atoms with Gasteiger partial charge in [0.2, 0.25) is 0 Å². The van der Waals surface area contributed by atoms with E-state index in [9.17, 15) is 43.2 Å². The van der Waals surface area contributed by atoms with Gasteiger partial charge in [-0.25, -0.2) is 37.7 Å². The molecule has 0 aliphatic carbocycles. The number of ether oxygens (including phenoxy) is 2. The number of allylic oxidation sites excluding steroid dienone is 1. The van der Waals surface area contributed by atoms with E-state index in [0.717, 1.165) is 70.5 Å². The number of hydrogen-bond donors (Lipinski definition) is 0. The van der Waals surface area contributed by atoms with Crippen molar-refractivity contribution in [2.75, 3.05) is 13.2 Å². The number of rotatable bonds is 33. The van der Waals surface area contributed by atoms with Crippen molar-refractivity contribution in [3.05, 3.63) is 69.4 Å². The van der Waals surface area contributed by atoms with Gasteiger partial charge in [-0.3, -0.25) is 19.2 Å². The maximum absolute atomic E-state index is 13.4. The second-order valence-corrected chi connectivity index (χ2v) is 12.9. The number of hydrogen-bond acceptors (Lipinski definition) is 11. The summed E-state index contributed by atoms with van der Waals surface area (Å²) in [7, 11) is 0. The smallest absolute Gasteiger partial charge is 0.336 e. The van der Waals surface area contributed by atoms with E-state index in [2.05, 4.69) is 19.7 Å². The summed E-state index contributed by atoms with van der Waals surface area (Å²) in [5, 5.41) is 0. The van der Waals surface area contributed by atoms with Gasteiger partial charge in [-0.1, -0.05) is 77.5 Å². The Balaban J connectivity index is 2.75. The van der Waals surface area contributed by atoms with Crippen molar-refractivity contribution < 1.29 is 38.2 Å². The quantitative estimate of drug-likeness (QED) is 0.0427. The van der Waals surface area contributed by atoms with Crippen LogP contribution in [0.3, 0.4) is 0 Å². The molecular formula is C39H57N3O11. The summed E-state index contributed by atoms with van der Waals surface area (Å²) in [4.78, 5) is 109. The summed E-state index contributed by atoms with van der Waals surface area (Å²) in [5.74, 6) is -2.07. The third-order valence-corrected chi connectivity index (χ3v) is 8.58. The molecule has 1 rings (SSSR count). The monoisotopic (exact) mass is 743 g/mol. The molecule has 0 atom stereocenters. The molecule has 0 saturated carbocycles. The number of unbranched alkanes of at least 4 members (excludes halogenated alkanes) is 12. The Labute approximate surface area is 310 Å². The van der Waals surface area contributed by atoms with Gasteiger partial charge in [-0.2, -0.15) is 0 Å². The molecule has 53 heavy (non-hydrogen) atoms. The molecule has 1 aromatic heterocycles. The van der Waals surface area contributed by atoms with Crippen molar-refractivity contribution in [2.24, 2.45) is 0 Å². The summed E-state index contributed by atoms with van der Waals surface area (Å²) in [6, 6.07) is 0. The minimum Gasteiger partial charge on any atom is -0.455 e. The van der Waals surface area contributed by atoms with Crippen LogP contribution in [0.4, 0.5) is 0 Å². The highest BCUT2D eigenvalue weighted by atomic mass is 16.5. The van der Waals surface area contributed by atoms with E-state index in [1.54, 1.807) is 0 Å². The SMILES string of the molecule is C=CC(=O)CC(=O)CCCCCCCn1c(=O)n(CCCCCCCC(=O)COC(=O)C=C)c(=O)n(CCCCCCCC(=O)COC(=O)C=C)c1=O. The van der Waals surface area contributed by atoms with E-state index in [4.69, 9.17) is 9.47 Å². The second-order valence-electron chi connectivity index (χ2n) is 12.9. The van der Waals surface area contributed by atoms with Crippen LogP contribution in [0.25, 0.3) is 0 Å². The molecule has 0 spiro atoms. The van der Waals surface area contributed by atoms with Crippen LogP contribution in [0.15, 0.2) is 52.3 Å². The molecule has 0 saturated heterocycles. The van der Waals surface area contributed by atoms with Gasteiger partial charge in [0.1, 0.15) is 19.0 Å². The summed E-state index contributed by atoms with van der Waals surface area (Å²) in [6.45, 7) is 9.81.